The summed E-state index contributed by atoms with van der Waals surface area (Å²) >= 11 is 0. The maximum Gasteiger partial charge on any atom is 0.419 e. The zero-order valence-electron chi connectivity index (χ0n) is 9.28. The molecule has 4 N–H and O–H groups in total. The van der Waals surface area contributed by atoms with E-state index >= 15 is 0 Å². The molecule has 0 aromatic heterocycles. The molecule has 0 saturated carbocycles. The van der Waals surface area contributed by atoms with E-state index in [1.54, 1.807) is 0 Å². The van der Waals surface area contributed by atoms with Crippen molar-refractivity contribution in [3.05, 3.63) is 35.1 Å². The Morgan fingerprint density at radius 3 is 2.33 bits per heavy atom. The Bertz CT molecular complexity index is 409. The molecule has 102 valence electrons. The first-order chi connectivity index (χ1) is 8.25. The van der Waals surface area contributed by atoms with Gasteiger partial charge in [-0.15, -0.1) is 0 Å². The lowest BCUT2D eigenvalue weighted by atomic mass is 10.0. The maximum atomic E-state index is 13.2. The molecule has 0 spiro atoms. The number of aliphatic hydroxyl groups excluding tert-OH is 2. The molecule has 0 amide bonds. The predicted molar refractivity (Wildman–Crippen MR) is 56.0 cm³/mol. The first-order valence-corrected chi connectivity index (χ1v) is 5.17. The molecule has 0 aliphatic carbocycles. The van der Waals surface area contributed by atoms with Crippen molar-refractivity contribution in [2.75, 3.05) is 6.61 Å². The molecule has 7 heteroatoms. The van der Waals surface area contributed by atoms with Crippen molar-refractivity contribution in [1.82, 2.24) is 0 Å². The maximum absolute atomic E-state index is 13.2. The topological polar surface area (TPSA) is 66.5 Å². The molecule has 3 nitrogen and oxygen atoms in total. The molecular formula is C11H13F4NO2. The molecule has 0 aliphatic rings. The fraction of sp³-hybridized carbons (Fsp3) is 0.455. The number of hydrogen-bond donors (Lipinski definition) is 3. The number of benzene rings is 1. The number of halogens is 4. The summed E-state index contributed by atoms with van der Waals surface area (Å²) in [5, 5.41) is 18.3. The van der Waals surface area contributed by atoms with E-state index in [1.807, 2.05) is 0 Å². The van der Waals surface area contributed by atoms with Gasteiger partial charge in [0.05, 0.1) is 18.3 Å². The Morgan fingerprint density at radius 2 is 1.89 bits per heavy atom. The lowest BCUT2D eigenvalue weighted by Crippen LogP contribution is -2.26. The number of nitrogens with two attached hydrogens (primary N) is 1. The van der Waals surface area contributed by atoms with Crippen LogP contribution in [0.1, 0.15) is 23.7 Å². The normalized spacial score (nSPS) is 15.5. The summed E-state index contributed by atoms with van der Waals surface area (Å²) < 4.78 is 50.1. The van der Waals surface area contributed by atoms with Crippen LogP contribution in [0.2, 0.25) is 0 Å². The highest BCUT2D eigenvalue weighted by molar-refractivity contribution is 5.27. The summed E-state index contributed by atoms with van der Waals surface area (Å²) in [6, 6.07) is 1.46. The second kappa shape index (κ2) is 5.64. The van der Waals surface area contributed by atoms with E-state index < -0.39 is 29.7 Å². The SMILES string of the molecule is N[C@H](CO)C[C@H](O)c1ccc(C(F)(F)F)c(F)c1. The van der Waals surface area contributed by atoms with Gasteiger partial charge in [-0.1, -0.05) is 6.07 Å². The van der Waals surface area contributed by atoms with Crippen molar-refractivity contribution >= 4 is 0 Å². The number of hydrogen-bond acceptors (Lipinski definition) is 3. The minimum absolute atomic E-state index is 0.00981. The molecule has 1 aromatic rings. The average Bonchev–Trinajstić information content (AvgIpc) is 2.26. The van der Waals surface area contributed by atoms with E-state index in [2.05, 4.69) is 0 Å². The quantitative estimate of drug-likeness (QED) is 0.726. The van der Waals surface area contributed by atoms with Crippen molar-refractivity contribution in [2.24, 2.45) is 5.73 Å². The second-order valence-corrected chi connectivity index (χ2v) is 3.93. The highest BCUT2D eigenvalue weighted by Gasteiger charge is 2.34. The monoisotopic (exact) mass is 267 g/mol. The highest BCUT2D eigenvalue weighted by atomic mass is 19.4. The van der Waals surface area contributed by atoms with Crippen LogP contribution in [0, 0.1) is 5.82 Å². The fourth-order valence-corrected chi connectivity index (χ4v) is 1.47. The van der Waals surface area contributed by atoms with E-state index in [0.29, 0.717) is 12.1 Å². The van der Waals surface area contributed by atoms with Crippen molar-refractivity contribution in [3.63, 3.8) is 0 Å². The zero-order valence-corrected chi connectivity index (χ0v) is 9.28. The Hall–Kier alpha value is -1.18. The van der Waals surface area contributed by atoms with Crippen LogP contribution in [-0.4, -0.2) is 22.9 Å². The first-order valence-electron chi connectivity index (χ1n) is 5.17. The van der Waals surface area contributed by atoms with Crippen LogP contribution in [-0.2, 0) is 6.18 Å². The summed E-state index contributed by atoms with van der Waals surface area (Å²) in [4.78, 5) is 0. The highest BCUT2D eigenvalue weighted by Crippen LogP contribution is 2.32. The molecule has 0 saturated heterocycles. The summed E-state index contributed by atoms with van der Waals surface area (Å²) in [5.41, 5.74) is 3.97. The van der Waals surface area contributed by atoms with E-state index in [9.17, 15) is 22.7 Å². The third-order valence-electron chi connectivity index (χ3n) is 2.44. The molecule has 1 aromatic carbocycles. The van der Waals surface area contributed by atoms with Gasteiger partial charge in [0, 0.05) is 6.04 Å². The van der Waals surface area contributed by atoms with Gasteiger partial charge in [0.25, 0.3) is 0 Å². The van der Waals surface area contributed by atoms with Gasteiger partial charge in [0.2, 0.25) is 0 Å². The molecule has 0 bridgehead atoms. The van der Waals surface area contributed by atoms with Crippen LogP contribution >= 0.6 is 0 Å². The third kappa shape index (κ3) is 3.66. The molecule has 1 rings (SSSR count). The summed E-state index contributed by atoms with van der Waals surface area (Å²) in [7, 11) is 0. The third-order valence-corrected chi connectivity index (χ3v) is 2.44. The minimum atomic E-state index is -4.77. The first kappa shape index (κ1) is 14.9. The predicted octanol–water partition coefficient (Wildman–Crippen LogP) is 1.59. The van der Waals surface area contributed by atoms with E-state index in [0.717, 1.165) is 6.07 Å². The molecule has 0 heterocycles. The van der Waals surface area contributed by atoms with Crippen LogP contribution in [0.4, 0.5) is 17.6 Å². The summed E-state index contributed by atoms with van der Waals surface area (Å²) in [5.74, 6) is -1.45. The van der Waals surface area contributed by atoms with Gasteiger partial charge >= 0.3 is 6.18 Å². The van der Waals surface area contributed by atoms with Gasteiger partial charge in [-0.3, -0.25) is 0 Å². The van der Waals surface area contributed by atoms with Gasteiger partial charge in [-0.2, -0.15) is 13.2 Å². The molecular weight excluding hydrogens is 254 g/mol. The van der Waals surface area contributed by atoms with E-state index in [4.69, 9.17) is 10.8 Å². The Morgan fingerprint density at radius 1 is 1.28 bits per heavy atom. The van der Waals surface area contributed by atoms with E-state index in [-0.39, 0.29) is 18.6 Å². The standard InChI is InChI=1S/C11H13F4NO2/c12-9-3-6(10(18)4-7(16)5-17)1-2-8(9)11(13,14)15/h1-3,7,10,17-18H,4-5,16H2/t7-,10-/m0/s1. The lowest BCUT2D eigenvalue weighted by molar-refractivity contribution is -0.140. The van der Waals surface area contributed by atoms with Crippen molar-refractivity contribution in [3.8, 4) is 0 Å². The van der Waals surface area contributed by atoms with Crippen molar-refractivity contribution < 1.29 is 27.8 Å². The fourth-order valence-electron chi connectivity index (χ4n) is 1.47. The van der Waals surface area contributed by atoms with Gasteiger partial charge in [0.15, 0.2) is 0 Å². The summed E-state index contributed by atoms with van der Waals surface area (Å²) in [6.45, 7) is -0.375. The summed E-state index contributed by atoms with van der Waals surface area (Å²) in [6.07, 6.45) is -6.06. The van der Waals surface area contributed by atoms with Crippen molar-refractivity contribution in [1.29, 1.82) is 0 Å². The Labute approximate surface area is 101 Å². The van der Waals surface area contributed by atoms with Crippen LogP contribution in [0.25, 0.3) is 0 Å². The van der Waals surface area contributed by atoms with Crippen LogP contribution in [0.15, 0.2) is 18.2 Å². The van der Waals surface area contributed by atoms with Gasteiger partial charge in [0.1, 0.15) is 5.82 Å². The van der Waals surface area contributed by atoms with Crippen LogP contribution in [0.3, 0.4) is 0 Å². The van der Waals surface area contributed by atoms with Gasteiger partial charge < -0.3 is 15.9 Å². The zero-order chi connectivity index (χ0) is 13.9. The van der Waals surface area contributed by atoms with Crippen LogP contribution in [0.5, 0.6) is 0 Å². The van der Waals surface area contributed by atoms with Gasteiger partial charge in [-0.05, 0) is 24.1 Å². The molecule has 0 unspecified atom stereocenters. The molecule has 0 aliphatic heterocycles. The van der Waals surface area contributed by atoms with E-state index in [1.165, 1.54) is 0 Å². The van der Waals surface area contributed by atoms with Gasteiger partial charge in [-0.25, -0.2) is 4.39 Å². The number of alkyl halides is 3. The molecule has 0 fully saturated rings. The Balaban J connectivity index is 2.91. The molecule has 0 radical (unpaired) electrons. The smallest absolute Gasteiger partial charge is 0.395 e. The average molecular weight is 267 g/mol. The van der Waals surface area contributed by atoms with Crippen LogP contribution < -0.4 is 5.73 Å². The molecule has 2 atom stereocenters. The Kier molecular flexibility index (Phi) is 4.66. The molecule has 18 heavy (non-hydrogen) atoms. The number of aliphatic hydroxyl groups is 2. The largest absolute Gasteiger partial charge is 0.419 e. The second-order valence-electron chi connectivity index (χ2n) is 3.93. The minimum Gasteiger partial charge on any atom is -0.395 e. The lowest BCUT2D eigenvalue weighted by Gasteiger charge is -2.16. The van der Waals surface area contributed by atoms with Crippen molar-refractivity contribution in [2.45, 2.75) is 24.7 Å². The number of rotatable bonds is 4.